The molecule has 4 N–H and O–H groups in total. The number of halogens is 1. The van der Waals surface area contributed by atoms with Gasteiger partial charge in [-0.3, -0.25) is 9.89 Å². The molecule has 178 valence electrons. The van der Waals surface area contributed by atoms with Crippen LogP contribution in [0.5, 0.6) is 0 Å². The maximum atomic E-state index is 13.1. The fourth-order valence-electron chi connectivity index (χ4n) is 4.43. The van der Waals surface area contributed by atoms with Crippen LogP contribution in [0.3, 0.4) is 0 Å². The van der Waals surface area contributed by atoms with Crippen LogP contribution in [0.1, 0.15) is 49.6 Å². The largest absolute Gasteiger partial charge is 0.391 e. The molecule has 11 heteroatoms. The Morgan fingerprint density at radius 3 is 2.88 bits per heavy atom. The Labute approximate surface area is 196 Å². The third-order valence-corrected chi connectivity index (χ3v) is 6.22. The summed E-state index contributed by atoms with van der Waals surface area (Å²) in [5.74, 6) is 1.08. The normalized spacial score (nSPS) is 19.5. The molecular weight excluding hydrogens is 439 g/mol. The minimum Gasteiger partial charge on any atom is -0.391 e. The number of hydrogen-bond donors (Lipinski definition) is 4. The van der Waals surface area contributed by atoms with Crippen molar-refractivity contribution in [2.75, 3.05) is 22.1 Å². The number of amides is 1. The van der Waals surface area contributed by atoms with Crippen LogP contribution < -0.4 is 15.5 Å². The van der Waals surface area contributed by atoms with Crippen molar-refractivity contribution in [3.63, 3.8) is 0 Å². The molecule has 0 aromatic carbocycles. The number of pyridine rings is 1. The van der Waals surface area contributed by atoms with Crippen LogP contribution in [0, 0.1) is 5.95 Å². The summed E-state index contributed by atoms with van der Waals surface area (Å²) in [7, 11) is 0. The highest BCUT2D eigenvalue weighted by Gasteiger charge is 2.38. The number of carbonyl (C=O) groups excluding carboxylic acids is 1. The van der Waals surface area contributed by atoms with Gasteiger partial charge < -0.3 is 20.6 Å². The van der Waals surface area contributed by atoms with Gasteiger partial charge in [-0.1, -0.05) is 13.8 Å². The number of carbonyl (C=O) groups is 1. The van der Waals surface area contributed by atoms with E-state index in [1.807, 2.05) is 6.07 Å². The Bertz CT molecular complexity index is 1200. The zero-order valence-corrected chi connectivity index (χ0v) is 19.0. The molecule has 0 radical (unpaired) electrons. The van der Waals surface area contributed by atoms with E-state index in [2.05, 4.69) is 39.7 Å². The highest BCUT2D eigenvalue weighted by atomic mass is 19.1. The lowest BCUT2D eigenvalue weighted by Crippen LogP contribution is -2.40. The number of fused-ring (bicyclic) bond motifs is 1. The number of nitrogens with one attached hydrogen (secondary N) is 3. The third-order valence-electron chi connectivity index (χ3n) is 6.22. The predicted octanol–water partition coefficient (Wildman–Crippen LogP) is 2.67. The van der Waals surface area contributed by atoms with Gasteiger partial charge in [-0.25, -0.2) is 9.97 Å². The Balaban J connectivity index is 1.42. The monoisotopic (exact) mass is 466 g/mol. The summed E-state index contributed by atoms with van der Waals surface area (Å²) in [5.41, 5.74) is 3.39. The second kappa shape index (κ2) is 8.98. The van der Waals surface area contributed by atoms with Crippen LogP contribution >= 0.6 is 0 Å². The average molecular weight is 467 g/mol. The maximum Gasteiger partial charge on any atom is 0.247 e. The van der Waals surface area contributed by atoms with Gasteiger partial charge in [0, 0.05) is 30.3 Å². The van der Waals surface area contributed by atoms with Gasteiger partial charge >= 0.3 is 0 Å². The molecule has 0 spiro atoms. The van der Waals surface area contributed by atoms with E-state index >= 15 is 0 Å². The number of nitrogens with zero attached hydrogens (tertiary/aromatic N) is 5. The van der Waals surface area contributed by atoms with Crippen LogP contribution in [0.2, 0.25) is 0 Å². The Hall–Kier alpha value is -3.60. The Kier molecular flexibility index (Phi) is 5.86. The number of aryl methyl sites for hydroxylation is 1. The SMILES string of the molecule is CC(C)c1cc(Nc2nc(N3C[C@@H](O)C[C@@H]3C(=O)Nc3ccc(F)nc3)nc3c2CCC3)n[nH]1. The van der Waals surface area contributed by atoms with Crippen molar-refractivity contribution in [3.8, 4) is 0 Å². The van der Waals surface area contributed by atoms with E-state index in [0.717, 1.165) is 36.2 Å². The fraction of sp³-hybridized carbons (Fsp3) is 0.435. The molecule has 1 amide bonds. The van der Waals surface area contributed by atoms with Gasteiger partial charge in [0.1, 0.15) is 11.9 Å². The first-order chi connectivity index (χ1) is 16.4. The van der Waals surface area contributed by atoms with E-state index in [4.69, 9.17) is 9.97 Å². The molecule has 4 heterocycles. The lowest BCUT2D eigenvalue weighted by Gasteiger charge is -2.25. The first kappa shape index (κ1) is 22.2. The Morgan fingerprint density at radius 1 is 1.29 bits per heavy atom. The van der Waals surface area contributed by atoms with Gasteiger partial charge in [-0.15, -0.1) is 0 Å². The first-order valence-electron chi connectivity index (χ1n) is 11.5. The van der Waals surface area contributed by atoms with Gasteiger partial charge in [0.15, 0.2) is 5.82 Å². The quantitative estimate of drug-likeness (QED) is 0.408. The molecule has 0 bridgehead atoms. The zero-order chi connectivity index (χ0) is 23.8. The van der Waals surface area contributed by atoms with Crippen LogP contribution in [0.15, 0.2) is 24.4 Å². The Morgan fingerprint density at radius 2 is 2.15 bits per heavy atom. The number of H-pyrrole nitrogens is 1. The minimum absolute atomic E-state index is 0.234. The topological polar surface area (TPSA) is 132 Å². The lowest BCUT2D eigenvalue weighted by atomic mass is 10.1. The smallest absolute Gasteiger partial charge is 0.247 e. The number of β-amino-alcohol motifs (C(OH)–C–C–N with tert-alkyl or cyclic N) is 1. The molecule has 10 nitrogen and oxygen atoms in total. The summed E-state index contributed by atoms with van der Waals surface area (Å²) in [4.78, 5) is 27.8. The number of rotatable bonds is 6. The molecular formula is C23H27FN8O2. The van der Waals surface area contributed by atoms with Crippen molar-refractivity contribution in [1.29, 1.82) is 0 Å². The van der Waals surface area contributed by atoms with E-state index in [9.17, 15) is 14.3 Å². The highest BCUT2D eigenvalue weighted by Crippen LogP contribution is 2.33. The van der Waals surface area contributed by atoms with Crippen LogP contribution in [0.4, 0.5) is 27.7 Å². The van der Waals surface area contributed by atoms with Crippen LogP contribution in [-0.4, -0.2) is 54.9 Å². The molecule has 1 fully saturated rings. The van der Waals surface area contributed by atoms with Gasteiger partial charge in [0.25, 0.3) is 0 Å². The second-order valence-corrected chi connectivity index (χ2v) is 9.06. The van der Waals surface area contributed by atoms with Crippen molar-refractivity contribution in [1.82, 2.24) is 25.1 Å². The van der Waals surface area contributed by atoms with Crippen molar-refractivity contribution >= 4 is 29.2 Å². The summed E-state index contributed by atoms with van der Waals surface area (Å²) in [6.45, 7) is 4.41. The summed E-state index contributed by atoms with van der Waals surface area (Å²) in [6, 6.07) is 3.91. The van der Waals surface area contributed by atoms with Crippen LogP contribution in [0.25, 0.3) is 0 Å². The van der Waals surface area contributed by atoms with E-state index in [1.165, 1.54) is 18.3 Å². The van der Waals surface area contributed by atoms with E-state index in [1.54, 1.807) is 4.90 Å². The standard InChI is InChI=1S/C23H27FN8O2/c1-12(2)17-9-20(31-30-17)28-21-15-4-3-5-16(15)27-23(29-21)32-11-14(33)8-18(32)22(34)26-13-6-7-19(24)25-10-13/h6-7,9-10,12,14,18,33H,3-5,8,11H2,1-2H3,(H,26,34)(H2,27,28,29,30,31)/t14-,18+/m0/s1. The molecule has 1 aliphatic carbocycles. The second-order valence-electron chi connectivity index (χ2n) is 9.06. The molecule has 2 aliphatic rings. The molecule has 5 rings (SSSR count). The molecule has 0 saturated carbocycles. The number of aromatic amines is 1. The summed E-state index contributed by atoms with van der Waals surface area (Å²) < 4.78 is 13.1. The van der Waals surface area contributed by atoms with E-state index < -0.39 is 18.1 Å². The summed E-state index contributed by atoms with van der Waals surface area (Å²) in [5, 5.41) is 23.8. The fourth-order valence-corrected chi connectivity index (χ4v) is 4.43. The summed E-state index contributed by atoms with van der Waals surface area (Å²) in [6.07, 6.45) is 3.46. The molecule has 1 aliphatic heterocycles. The van der Waals surface area contributed by atoms with Gasteiger partial charge in [0.2, 0.25) is 17.8 Å². The van der Waals surface area contributed by atoms with Crippen molar-refractivity contribution in [2.24, 2.45) is 0 Å². The van der Waals surface area contributed by atoms with Crippen molar-refractivity contribution in [2.45, 2.75) is 57.6 Å². The molecule has 0 unspecified atom stereocenters. The highest BCUT2D eigenvalue weighted by molar-refractivity contribution is 5.97. The van der Waals surface area contributed by atoms with E-state index in [-0.39, 0.29) is 18.9 Å². The maximum absolute atomic E-state index is 13.1. The predicted molar refractivity (Wildman–Crippen MR) is 125 cm³/mol. The molecule has 2 atom stereocenters. The number of aliphatic hydroxyl groups excluding tert-OH is 1. The number of hydrogen-bond acceptors (Lipinski definition) is 8. The third kappa shape index (κ3) is 4.43. The van der Waals surface area contributed by atoms with Crippen molar-refractivity contribution in [3.05, 3.63) is 47.3 Å². The number of anilines is 4. The number of aliphatic hydroxyl groups is 1. The van der Waals surface area contributed by atoms with Gasteiger partial charge in [0.05, 0.1) is 23.7 Å². The molecule has 3 aromatic heterocycles. The van der Waals surface area contributed by atoms with Gasteiger partial charge in [-0.05, 0) is 37.3 Å². The van der Waals surface area contributed by atoms with Crippen LogP contribution in [-0.2, 0) is 17.6 Å². The zero-order valence-electron chi connectivity index (χ0n) is 19.0. The number of aromatic nitrogens is 5. The first-order valence-corrected chi connectivity index (χ1v) is 11.5. The van der Waals surface area contributed by atoms with E-state index in [0.29, 0.717) is 29.2 Å². The molecule has 3 aromatic rings. The molecule has 1 saturated heterocycles. The summed E-state index contributed by atoms with van der Waals surface area (Å²) >= 11 is 0. The van der Waals surface area contributed by atoms with Gasteiger partial charge in [-0.2, -0.15) is 14.5 Å². The van der Waals surface area contributed by atoms with Crippen molar-refractivity contribution < 1.29 is 14.3 Å². The molecule has 34 heavy (non-hydrogen) atoms. The minimum atomic E-state index is -0.699. The average Bonchev–Trinajstić information content (AvgIpc) is 3.54. The lowest BCUT2D eigenvalue weighted by molar-refractivity contribution is -0.117.